The van der Waals surface area contributed by atoms with Gasteiger partial charge in [-0.05, 0) is 23.8 Å². The second-order valence-corrected chi connectivity index (χ2v) is 5.12. The Hall–Kier alpha value is -2.63. The normalized spacial score (nSPS) is 18.2. The van der Waals surface area contributed by atoms with Crippen LogP contribution in [0.1, 0.15) is 12.0 Å². The molecule has 0 spiro atoms. The lowest BCUT2D eigenvalue weighted by molar-refractivity contribution is -0.141. The molecule has 1 aliphatic rings. The summed E-state index contributed by atoms with van der Waals surface area (Å²) in [5.74, 6) is -1.68. The molecule has 3 rings (SSSR count). The highest BCUT2D eigenvalue weighted by molar-refractivity contribution is 5.99. The van der Waals surface area contributed by atoms with Crippen molar-refractivity contribution in [3.63, 3.8) is 0 Å². The first kappa shape index (κ1) is 13.4. The van der Waals surface area contributed by atoms with E-state index in [-0.39, 0.29) is 18.9 Å². The maximum Gasteiger partial charge on any atom is 0.308 e. The first-order valence-corrected chi connectivity index (χ1v) is 6.73. The van der Waals surface area contributed by atoms with Gasteiger partial charge in [-0.15, -0.1) is 0 Å². The number of benzene rings is 1. The van der Waals surface area contributed by atoms with Gasteiger partial charge in [0.05, 0.1) is 12.5 Å². The minimum atomic E-state index is -0.918. The molecule has 1 aromatic carbocycles. The van der Waals surface area contributed by atoms with Crippen LogP contribution in [-0.2, 0) is 16.1 Å². The van der Waals surface area contributed by atoms with E-state index in [1.807, 2.05) is 36.5 Å². The van der Waals surface area contributed by atoms with Gasteiger partial charge >= 0.3 is 5.97 Å². The van der Waals surface area contributed by atoms with E-state index in [1.165, 1.54) is 0 Å². The Morgan fingerprint density at radius 3 is 2.90 bits per heavy atom. The summed E-state index contributed by atoms with van der Waals surface area (Å²) in [6.07, 6.45) is 3.65. The van der Waals surface area contributed by atoms with Gasteiger partial charge in [-0.3, -0.25) is 14.3 Å². The lowest BCUT2D eigenvalue weighted by atomic mass is 10.1. The molecule has 1 atom stereocenters. The summed E-state index contributed by atoms with van der Waals surface area (Å²) in [4.78, 5) is 24.5. The fourth-order valence-electron chi connectivity index (χ4n) is 2.53. The molecule has 0 aliphatic carbocycles. The van der Waals surface area contributed by atoms with Crippen molar-refractivity contribution < 1.29 is 14.7 Å². The molecule has 21 heavy (non-hydrogen) atoms. The number of aromatic nitrogens is 2. The third kappa shape index (κ3) is 2.79. The summed E-state index contributed by atoms with van der Waals surface area (Å²) >= 11 is 0. The number of aliphatic carboxylic acids is 1. The van der Waals surface area contributed by atoms with Gasteiger partial charge in [-0.25, -0.2) is 0 Å². The van der Waals surface area contributed by atoms with Crippen LogP contribution >= 0.6 is 0 Å². The average Bonchev–Trinajstić information content (AvgIpc) is 3.08. The van der Waals surface area contributed by atoms with Gasteiger partial charge in [0.15, 0.2) is 0 Å². The van der Waals surface area contributed by atoms with Crippen LogP contribution in [0.4, 0.5) is 5.69 Å². The molecule has 0 bridgehead atoms. The highest BCUT2D eigenvalue weighted by Gasteiger charge is 2.35. The molecule has 1 saturated heterocycles. The third-order valence-electron chi connectivity index (χ3n) is 3.60. The van der Waals surface area contributed by atoms with Crippen LogP contribution in [-0.4, -0.2) is 33.3 Å². The Bertz CT molecular complexity index is 667. The monoisotopic (exact) mass is 285 g/mol. The summed E-state index contributed by atoms with van der Waals surface area (Å²) in [6.45, 7) is 0.852. The van der Waals surface area contributed by atoms with E-state index < -0.39 is 11.9 Å². The van der Waals surface area contributed by atoms with E-state index in [1.54, 1.807) is 15.8 Å². The van der Waals surface area contributed by atoms with Crippen LogP contribution < -0.4 is 4.90 Å². The second-order valence-electron chi connectivity index (χ2n) is 5.12. The Balaban J connectivity index is 1.80. The van der Waals surface area contributed by atoms with Crippen molar-refractivity contribution in [2.24, 2.45) is 5.92 Å². The van der Waals surface area contributed by atoms with E-state index in [4.69, 9.17) is 5.11 Å². The predicted molar refractivity (Wildman–Crippen MR) is 75.9 cm³/mol. The van der Waals surface area contributed by atoms with E-state index in [9.17, 15) is 9.59 Å². The lowest BCUT2D eigenvalue weighted by Crippen LogP contribution is -2.25. The minimum Gasteiger partial charge on any atom is -0.481 e. The number of rotatable bonds is 4. The fraction of sp³-hybridized carbons (Fsp3) is 0.267. The predicted octanol–water partition coefficient (Wildman–Crippen LogP) is 1.37. The molecule has 1 aromatic heterocycles. The van der Waals surface area contributed by atoms with Crippen molar-refractivity contribution in [1.29, 1.82) is 0 Å². The van der Waals surface area contributed by atoms with Gasteiger partial charge in [0.25, 0.3) is 0 Å². The Kier molecular flexibility index (Phi) is 3.43. The summed E-state index contributed by atoms with van der Waals surface area (Å²) in [6, 6.07) is 9.42. The summed E-state index contributed by atoms with van der Waals surface area (Å²) < 4.78 is 1.80. The van der Waals surface area contributed by atoms with Crippen molar-refractivity contribution in [2.75, 3.05) is 11.4 Å². The maximum absolute atomic E-state index is 12.0. The van der Waals surface area contributed by atoms with Crippen LogP contribution in [0.15, 0.2) is 42.7 Å². The molecule has 1 N–H and O–H groups in total. The number of amides is 1. The van der Waals surface area contributed by atoms with Crippen LogP contribution in [0.3, 0.4) is 0 Å². The van der Waals surface area contributed by atoms with Gasteiger partial charge in [-0.2, -0.15) is 5.10 Å². The quantitative estimate of drug-likeness (QED) is 0.920. The van der Waals surface area contributed by atoms with Crippen molar-refractivity contribution >= 4 is 17.6 Å². The van der Waals surface area contributed by atoms with Crippen molar-refractivity contribution in [3.8, 4) is 0 Å². The summed E-state index contributed by atoms with van der Waals surface area (Å²) in [7, 11) is 0. The number of hydrogen-bond acceptors (Lipinski definition) is 3. The lowest BCUT2D eigenvalue weighted by Gasteiger charge is -2.17. The van der Waals surface area contributed by atoms with Gasteiger partial charge in [0.1, 0.15) is 0 Å². The molecule has 6 heteroatoms. The van der Waals surface area contributed by atoms with Crippen molar-refractivity contribution in [3.05, 3.63) is 48.3 Å². The minimum absolute atomic E-state index is 0.0682. The Morgan fingerprint density at radius 1 is 1.38 bits per heavy atom. The van der Waals surface area contributed by atoms with Crippen LogP contribution in [0, 0.1) is 5.92 Å². The van der Waals surface area contributed by atoms with Crippen LogP contribution in [0.5, 0.6) is 0 Å². The van der Waals surface area contributed by atoms with Crippen LogP contribution in [0.2, 0.25) is 0 Å². The maximum atomic E-state index is 12.0. The number of hydrogen-bond donors (Lipinski definition) is 1. The number of carboxylic acid groups (broad SMARTS) is 1. The standard InChI is InChI=1S/C15H15N3O3/c19-14-8-12(15(20)21)10-18(14)13-4-1-3-11(7-13)9-17-6-2-5-16-17/h1-7,12H,8-10H2,(H,20,21)/t12-/m0/s1. The van der Waals surface area contributed by atoms with Crippen LogP contribution in [0.25, 0.3) is 0 Å². The highest BCUT2D eigenvalue weighted by Crippen LogP contribution is 2.26. The number of carboxylic acids is 1. The van der Waals surface area contributed by atoms with Gasteiger partial charge in [-0.1, -0.05) is 12.1 Å². The van der Waals surface area contributed by atoms with Crippen molar-refractivity contribution in [1.82, 2.24) is 9.78 Å². The zero-order valence-corrected chi connectivity index (χ0v) is 11.3. The zero-order valence-electron chi connectivity index (χ0n) is 11.3. The average molecular weight is 285 g/mol. The van der Waals surface area contributed by atoms with Gasteiger partial charge in [0, 0.05) is 31.0 Å². The van der Waals surface area contributed by atoms with E-state index >= 15 is 0 Å². The number of nitrogens with zero attached hydrogens (tertiary/aromatic N) is 3. The van der Waals surface area contributed by atoms with Gasteiger partial charge < -0.3 is 10.0 Å². The topological polar surface area (TPSA) is 75.4 Å². The number of carbonyl (C=O) groups is 2. The first-order valence-electron chi connectivity index (χ1n) is 6.73. The first-order chi connectivity index (χ1) is 10.1. The Labute approximate surface area is 121 Å². The van der Waals surface area contributed by atoms with E-state index in [2.05, 4.69) is 5.10 Å². The fourth-order valence-corrected chi connectivity index (χ4v) is 2.53. The second kappa shape index (κ2) is 5.40. The highest BCUT2D eigenvalue weighted by atomic mass is 16.4. The molecule has 108 valence electrons. The third-order valence-corrected chi connectivity index (χ3v) is 3.60. The molecule has 0 unspecified atom stereocenters. The number of anilines is 1. The molecule has 1 fully saturated rings. The molecule has 0 saturated carbocycles. The molecule has 6 nitrogen and oxygen atoms in total. The largest absolute Gasteiger partial charge is 0.481 e. The number of carbonyl (C=O) groups excluding carboxylic acids is 1. The molecular weight excluding hydrogens is 270 g/mol. The molecule has 1 aliphatic heterocycles. The Morgan fingerprint density at radius 2 is 2.24 bits per heavy atom. The summed E-state index contributed by atoms with van der Waals surface area (Å²) in [5.41, 5.74) is 1.76. The zero-order chi connectivity index (χ0) is 14.8. The molecule has 1 amide bonds. The smallest absolute Gasteiger partial charge is 0.308 e. The molecule has 2 aromatic rings. The van der Waals surface area contributed by atoms with Crippen molar-refractivity contribution in [2.45, 2.75) is 13.0 Å². The molecule has 0 radical (unpaired) electrons. The molecular formula is C15H15N3O3. The molecule has 2 heterocycles. The summed E-state index contributed by atoms with van der Waals surface area (Å²) in [5, 5.41) is 13.2. The SMILES string of the molecule is O=C(O)[C@H]1CC(=O)N(c2cccc(Cn3cccn3)c2)C1. The van der Waals surface area contributed by atoms with Gasteiger partial charge in [0.2, 0.25) is 5.91 Å². The van der Waals surface area contributed by atoms with E-state index in [0.717, 1.165) is 11.3 Å². The van der Waals surface area contributed by atoms with E-state index in [0.29, 0.717) is 6.54 Å².